The first kappa shape index (κ1) is 13.4. The van der Waals surface area contributed by atoms with Gasteiger partial charge in [-0.05, 0) is 44.1 Å². The number of carbonyl (C=O) groups excluding carboxylic acids is 1. The van der Waals surface area contributed by atoms with Crippen LogP contribution in [0.1, 0.15) is 13.8 Å². The number of hydrogen-bond acceptors (Lipinski definition) is 2. The summed E-state index contributed by atoms with van der Waals surface area (Å²) in [7, 11) is 0. The Hall–Kier alpha value is -1.06. The topological polar surface area (TPSA) is 32.3 Å². The molecule has 1 aromatic rings. The van der Waals surface area contributed by atoms with Crippen molar-refractivity contribution in [3.05, 3.63) is 29.3 Å². The monoisotopic (exact) mass is 266 g/mol. The molecule has 1 atom stereocenters. The lowest BCUT2D eigenvalue weighted by Crippen LogP contribution is -2.50. The van der Waals surface area contributed by atoms with E-state index >= 15 is 0 Å². The SMILES string of the molecule is CCN(C(=O)C(C)C1CNC1)c1cccc(Cl)c1. The molecule has 0 saturated carbocycles. The van der Waals surface area contributed by atoms with Crippen LogP contribution in [0.4, 0.5) is 5.69 Å². The molecule has 4 heteroatoms. The molecule has 98 valence electrons. The quantitative estimate of drug-likeness (QED) is 0.908. The molecule has 0 spiro atoms. The minimum Gasteiger partial charge on any atom is -0.316 e. The highest BCUT2D eigenvalue weighted by molar-refractivity contribution is 6.30. The van der Waals surface area contributed by atoms with Crippen molar-refractivity contribution >= 4 is 23.2 Å². The second kappa shape index (κ2) is 5.72. The third-order valence-electron chi connectivity index (χ3n) is 3.61. The van der Waals surface area contributed by atoms with E-state index < -0.39 is 0 Å². The molecule has 1 saturated heterocycles. The fourth-order valence-electron chi connectivity index (χ4n) is 2.22. The van der Waals surface area contributed by atoms with E-state index in [4.69, 9.17) is 11.6 Å². The van der Waals surface area contributed by atoms with Crippen molar-refractivity contribution in [2.45, 2.75) is 13.8 Å². The van der Waals surface area contributed by atoms with E-state index in [1.807, 2.05) is 43.0 Å². The van der Waals surface area contributed by atoms with Gasteiger partial charge < -0.3 is 10.2 Å². The number of hydrogen-bond donors (Lipinski definition) is 1. The van der Waals surface area contributed by atoms with Crippen molar-refractivity contribution < 1.29 is 4.79 Å². The van der Waals surface area contributed by atoms with Gasteiger partial charge in [-0.25, -0.2) is 0 Å². The van der Waals surface area contributed by atoms with E-state index in [9.17, 15) is 4.79 Å². The lowest BCUT2D eigenvalue weighted by molar-refractivity contribution is -0.124. The van der Waals surface area contributed by atoms with Crippen LogP contribution in [0.5, 0.6) is 0 Å². The average molecular weight is 267 g/mol. The zero-order valence-corrected chi connectivity index (χ0v) is 11.6. The Morgan fingerprint density at radius 3 is 2.78 bits per heavy atom. The largest absolute Gasteiger partial charge is 0.316 e. The van der Waals surface area contributed by atoms with Gasteiger partial charge in [0, 0.05) is 23.2 Å². The number of nitrogens with one attached hydrogen (secondary N) is 1. The first-order valence-electron chi connectivity index (χ1n) is 6.41. The van der Waals surface area contributed by atoms with Gasteiger partial charge in [-0.15, -0.1) is 0 Å². The number of anilines is 1. The fraction of sp³-hybridized carbons (Fsp3) is 0.500. The van der Waals surface area contributed by atoms with Crippen LogP contribution in [-0.2, 0) is 4.79 Å². The molecule has 0 aliphatic carbocycles. The van der Waals surface area contributed by atoms with Crippen LogP contribution in [0.3, 0.4) is 0 Å². The van der Waals surface area contributed by atoms with Gasteiger partial charge in [0.05, 0.1) is 0 Å². The van der Waals surface area contributed by atoms with Crippen LogP contribution in [0.15, 0.2) is 24.3 Å². The van der Waals surface area contributed by atoms with Crippen molar-refractivity contribution in [2.75, 3.05) is 24.5 Å². The van der Waals surface area contributed by atoms with Crippen LogP contribution in [0.2, 0.25) is 5.02 Å². The molecule has 0 aromatic heterocycles. The summed E-state index contributed by atoms with van der Waals surface area (Å²) in [4.78, 5) is 14.3. The van der Waals surface area contributed by atoms with E-state index in [1.165, 1.54) is 0 Å². The molecule has 1 aromatic carbocycles. The Balaban J connectivity index is 2.14. The molecule has 1 amide bonds. The van der Waals surface area contributed by atoms with Crippen LogP contribution >= 0.6 is 11.6 Å². The van der Waals surface area contributed by atoms with Gasteiger partial charge >= 0.3 is 0 Å². The number of rotatable bonds is 4. The molecular weight excluding hydrogens is 248 g/mol. The van der Waals surface area contributed by atoms with Crippen LogP contribution in [0, 0.1) is 11.8 Å². The van der Waals surface area contributed by atoms with Crippen molar-refractivity contribution in [3.8, 4) is 0 Å². The average Bonchev–Trinajstić information content (AvgIpc) is 2.27. The summed E-state index contributed by atoms with van der Waals surface area (Å²) in [6.45, 7) is 6.56. The minimum absolute atomic E-state index is 0.0604. The van der Waals surface area contributed by atoms with Gasteiger partial charge in [0.15, 0.2) is 0 Å². The van der Waals surface area contributed by atoms with E-state index in [0.29, 0.717) is 17.5 Å². The molecule has 2 rings (SSSR count). The Kier molecular flexibility index (Phi) is 4.25. The predicted octanol–water partition coefficient (Wildman–Crippen LogP) is 2.55. The third kappa shape index (κ3) is 2.68. The highest BCUT2D eigenvalue weighted by Crippen LogP contribution is 2.24. The molecule has 0 radical (unpaired) electrons. The normalized spacial score (nSPS) is 17.1. The van der Waals surface area contributed by atoms with Gasteiger partial charge in [0.1, 0.15) is 0 Å². The first-order chi connectivity index (χ1) is 8.63. The molecule has 1 unspecified atom stereocenters. The van der Waals surface area contributed by atoms with Crippen molar-refractivity contribution in [1.29, 1.82) is 0 Å². The lowest BCUT2D eigenvalue weighted by atomic mass is 9.88. The van der Waals surface area contributed by atoms with Gasteiger partial charge in [-0.1, -0.05) is 24.6 Å². The molecule has 1 N–H and O–H groups in total. The van der Waals surface area contributed by atoms with Crippen molar-refractivity contribution in [1.82, 2.24) is 5.32 Å². The summed E-state index contributed by atoms with van der Waals surface area (Å²) >= 11 is 5.98. The molecule has 3 nitrogen and oxygen atoms in total. The molecule has 18 heavy (non-hydrogen) atoms. The van der Waals surface area contributed by atoms with Gasteiger partial charge in [-0.3, -0.25) is 4.79 Å². The van der Waals surface area contributed by atoms with Gasteiger partial charge in [0.25, 0.3) is 0 Å². The molecule has 1 fully saturated rings. The number of amides is 1. The summed E-state index contributed by atoms with van der Waals surface area (Å²) in [6, 6.07) is 7.47. The van der Waals surface area contributed by atoms with E-state index in [2.05, 4.69) is 5.32 Å². The number of benzene rings is 1. The zero-order valence-electron chi connectivity index (χ0n) is 10.8. The van der Waals surface area contributed by atoms with Crippen LogP contribution in [-0.4, -0.2) is 25.5 Å². The maximum absolute atomic E-state index is 12.5. The third-order valence-corrected chi connectivity index (χ3v) is 3.85. The summed E-state index contributed by atoms with van der Waals surface area (Å²) in [5.41, 5.74) is 0.883. The Morgan fingerprint density at radius 2 is 2.28 bits per heavy atom. The standard InChI is InChI=1S/C14H19ClN2O/c1-3-17(13-6-4-5-12(15)7-13)14(18)10(2)11-8-16-9-11/h4-7,10-11,16H,3,8-9H2,1-2H3. The fourth-order valence-corrected chi connectivity index (χ4v) is 2.41. The second-order valence-electron chi connectivity index (χ2n) is 4.77. The maximum atomic E-state index is 12.5. The summed E-state index contributed by atoms with van der Waals surface area (Å²) in [6.07, 6.45) is 0. The zero-order chi connectivity index (χ0) is 13.1. The lowest BCUT2D eigenvalue weighted by Gasteiger charge is -2.34. The molecule has 1 aliphatic heterocycles. The van der Waals surface area contributed by atoms with Gasteiger partial charge in [-0.2, -0.15) is 0 Å². The number of nitrogens with zero attached hydrogens (tertiary/aromatic N) is 1. The Bertz CT molecular complexity index is 432. The highest BCUT2D eigenvalue weighted by Gasteiger charge is 2.31. The van der Waals surface area contributed by atoms with Gasteiger partial charge in [0.2, 0.25) is 5.91 Å². The van der Waals surface area contributed by atoms with E-state index in [0.717, 1.165) is 18.8 Å². The van der Waals surface area contributed by atoms with E-state index in [-0.39, 0.29) is 11.8 Å². The number of halogens is 1. The predicted molar refractivity (Wildman–Crippen MR) is 75.0 cm³/mol. The van der Waals surface area contributed by atoms with Crippen LogP contribution in [0.25, 0.3) is 0 Å². The molecule has 1 heterocycles. The molecule has 1 aliphatic rings. The summed E-state index contributed by atoms with van der Waals surface area (Å²) in [5.74, 6) is 0.710. The summed E-state index contributed by atoms with van der Waals surface area (Å²) < 4.78 is 0. The smallest absolute Gasteiger partial charge is 0.230 e. The molecular formula is C14H19ClN2O. The molecule has 0 bridgehead atoms. The maximum Gasteiger partial charge on any atom is 0.230 e. The van der Waals surface area contributed by atoms with Crippen LogP contribution < -0.4 is 10.2 Å². The van der Waals surface area contributed by atoms with E-state index in [1.54, 1.807) is 0 Å². The minimum atomic E-state index is 0.0604. The second-order valence-corrected chi connectivity index (χ2v) is 5.21. The summed E-state index contributed by atoms with van der Waals surface area (Å²) in [5, 5.41) is 3.87. The Morgan fingerprint density at radius 1 is 1.56 bits per heavy atom. The van der Waals surface area contributed by atoms with Crippen molar-refractivity contribution in [2.24, 2.45) is 11.8 Å². The van der Waals surface area contributed by atoms with Crippen molar-refractivity contribution in [3.63, 3.8) is 0 Å². The Labute approximate surface area is 113 Å². The highest BCUT2D eigenvalue weighted by atomic mass is 35.5. The number of carbonyl (C=O) groups is 1. The first-order valence-corrected chi connectivity index (χ1v) is 6.79.